The predicted molar refractivity (Wildman–Crippen MR) is 67.6 cm³/mol. The zero-order chi connectivity index (χ0) is 11.9. The molecule has 0 saturated carbocycles. The van der Waals surface area contributed by atoms with E-state index in [-0.39, 0.29) is 5.54 Å². The highest BCUT2D eigenvalue weighted by Crippen LogP contribution is 2.26. The summed E-state index contributed by atoms with van der Waals surface area (Å²) in [5.74, 6) is 0. The van der Waals surface area contributed by atoms with E-state index in [4.69, 9.17) is 11.6 Å². The maximum Gasteiger partial charge on any atom is 0.151 e. The van der Waals surface area contributed by atoms with Crippen LogP contribution in [0.5, 0.6) is 0 Å². The summed E-state index contributed by atoms with van der Waals surface area (Å²) in [6.07, 6.45) is 5.82. The van der Waals surface area contributed by atoms with Crippen molar-refractivity contribution in [3.63, 3.8) is 0 Å². The fourth-order valence-corrected chi connectivity index (χ4v) is 1.35. The van der Waals surface area contributed by atoms with Gasteiger partial charge in [-0.25, -0.2) is 0 Å². The van der Waals surface area contributed by atoms with Gasteiger partial charge in [0.1, 0.15) is 0 Å². The van der Waals surface area contributed by atoms with Gasteiger partial charge in [-0.15, -0.1) is 0 Å². The van der Waals surface area contributed by atoms with Crippen molar-refractivity contribution in [3.8, 4) is 0 Å². The molecule has 0 aromatic carbocycles. The minimum atomic E-state index is -0.513. The van der Waals surface area contributed by atoms with Crippen molar-refractivity contribution in [1.29, 1.82) is 0 Å². The van der Waals surface area contributed by atoms with Crippen molar-refractivity contribution >= 4 is 11.6 Å². The zero-order valence-electron chi connectivity index (χ0n) is 10.8. The number of alkyl halides is 1. The first kappa shape index (κ1) is 14.9. The summed E-state index contributed by atoms with van der Waals surface area (Å²) >= 11 is 6.26. The van der Waals surface area contributed by atoms with Crippen LogP contribution in [0.25, 0.3) is 0 Å². The highest BCUT2D eigenvalue weighted by atomic mass is 35.5. The molecule has 0 fully saturated rings. The van der Waals surface area contributed by atoms with Gasteiger partial charge in [0.2, 0.25) is 0 Å². The molecule has 0 heterocycles. The average molecular weight is 233 g/mol. The number of nitrogens with zero attached hydrogens (tertiary/aromatic N) is 2. The summed E-state index contributed by atoms with van der Waals surface area (Å²) in [6, 6.07) is 0. The molecule has 0 aliphatic heterocycles. The highest BCUT2D eigenvalue weighted by molar-refractivity contribution is 6.23. The van der Waals surface area contributed by atoms with Gasteiger partial charge in [-0.3, -0.25) is 0 Å². The van der Waals surface area contributed by atoms with Crippen LogP contribution in [0.3, 0.4) is 0 Å². The van der Waals surface area contributed by atoms with Crippen LogP contribution in [0.4, 0.5) is 0 Å². The van der Waals surface area contributed by atoms with Crippen LogP contribution < -0.4 is 0 Å². The molecule has 0 aliphatic carbocycles. The minimum Gasteiger partial charge on any atom is -0.187 e. The number of azo groups is 1. The monoisotopic (exact) mass is 232 g/mol. The third kappa shape index (κ3) is 10.2. The lowest BCUT2D eigenvalue weighted by molar-refractivity contribution is 0.465. The maximum atomic E-state index is 6.26. The lowest BCUT2D eigenvalue weighted by Crippen LogP contribution is -2.16. The molecule has 1 unspecified atom stereocenters. The van der Waals surface area contributed by atoms with Crippen LogP contribution in [0.15, 0.2) is 10.2 Å². The molecule has 3 heteroatoms. The smallest absolute Gasteiger partial charge is 0.151 e. The van der Waals surface area contributed by atoms with Crippen LogP contribution >= 0.6 is 11.6 Å². The van der Waals surface area contributed by atoms with E-state index < -0.39 is 5.00 Å². The van der Waals surface area contributed by atoms with Crippen molar-refractivity contribution in [3.05, 3.63) is 0 Å². The number of unbranched alkanes of at least 4 members (excludes halogenated alkanes) is 3. The Morgan fingerprint density at radius 3 is 2.00 bits per heavy atom. The molecule has 0 spiro atoms. The Morgan fingerprint density at radius 2 is 1.53 bits per heavy atom. The molecular formula is C12H25ClN2. The maximum absolute atomic E-state index is 6.26. The molecule has 0 aliphatic rings. The van der Waals surface area contributed by atoms with Crippen molar-refractivity contribution in [2.45, 2.75) is 77.3 Å². The molecule has 0 rings (SSSR count). The second-order valence-electron chi connectivity index (χ2n) is 5.32. The number of hydrogen-bond acceptors (Lipinski definition) is 2. The van der Waals surface area contributed by atoms with E-state index in [2.05, 4.69) is 17.2 Å². The molecule has 90 valence electrons. The van der Waals surface area contributed by atoms with Gasteiger partial charge in [0, 0.05) is 0 Å². The van der Waals surface area contributed by atoms with Gasteiger partial charge in [-0.05, 0) is 40.5 Å². The van der Waals surface area contributed by atoms with Gasteiger partial charge in [-0.2, -0.15) is 10.2 Å². The predicted octanol–water partition coefficient (Wildman–Crippen LogP) is 5.16. The fourth-order valence-electron chi connectivity index (χ4n) is 1.18. The van der Waals surface area contributed by atoms with Gasteiger partial charge < -0.3 is 0 Å². The molecule has 0 bridgehead atoms. The molecule has 1 atom stereocenters. The van der Waals surface area contributed by atoms with Crippen LogP contribution in [-0.4, -0.2) is 10.5 Å². The summed E-state index contributed by atoms with van der Waals surface area (Å²) in [5, 5.41) is 8.44. The van der Waals surface area contributed by atoms with Gasteiger partial charge in [-0.1, -0.05) is 37.8 Å². The third-order valence-corrected chi connectivity index (χ3v) is 2.31. The average Bonchev–Trinajstić information content (AvgIpc) is 2.09. The number of rotatable bonds is 6. The highest BCUT2D eigenvalue weighted by Gasteiger charge is 2.20. The van der Waals surface area contributed by atoms with E-state index in [0.717, 1.165) is 12.8 Å². The Kier molecular flexibility index (Phi) is 6.42. The van der Waals surface area contributed by atoms with Crippen LogP contribution in [-0.2, 0) is 0 Å². The number of halogens is 1. The Hall–Kier alpha value is -0.110. The summed E-state index contributed by atoms with van der Waals surface area (Å²) in [6.45, 7) is 10.2. The second-order valence-corrected chi connectivity index (χ2v) is 6.14. The largest absolute Gasteiger partial charge is 0.187 e. The SMILES string of the molecule is CCCCCCC(C)(Cl)N=NC(C)(C)C. The lowest BCUT2D eigenvalue weighted by Gasteiger charge is -2.18. The van der Waals surface area contributed by atoms with Gasteiger partial charge in [0.25, 0.3) is 0 Å². The molecule has 15 heavy (non-hydrogen) atoms. The Labute approximate surface area is 99.5 Å². The van der Waals surface area contributed by atoms with Gasteiger partial charge in [0.05, 0.1) is 5.54 Å². The Balaban J connectivity index is 3.91. The van der Waals surface area contributed by atoms with E-state index in [0.29, 0.717) is 0 Å². The third-order valence-electron chi connectivity index (χ3n) is 2.05. The first-order chi connectivity index (χ1) is 6.77. The normalized spacial score (nSPS) is 16.9. The zero-order valence-corrected chi connectivity index (χ0v) is 11.6. The van der Waals surface area contributed by atoms with E-state index in [1.54, 1.807) is 0 Å². The summed E-state index contributed by atoms with van der Waals surface area (Å²) in [4.78, 5) is -0.513. The molecule has 0 aromatic rings. The second kappa shape index (κ2) is 6.47. The molecule has 2 nitrogen and oxygen atoms in total. The van der Waals surface area contributed by atoms with Crippen LogP contribution in [0, 0.1) is 0 Å². The van der Waals surface area contributed by atoms with Crippen molar-refractivity contribution in [1.82, 2.24) is 0 Å². The molecule has 0 saturated heterocycles. The van der Waals surface area contributed by atoms with E-state index in [1.165, 1.54) is 19.3 Å². The fraction of sp³-hybridized carbons (Fsp3) is 1.00. The molecule has 0 aromatic heterocycles. The van der Waals surface area contributed by atoms with E-state index in [9.17, 15) is 0 Å². The summed E-state index contributed by atoms with van der Waals surface area (Å²) < 4.78 is 0. The summed E-state index contributed by atoms with van der Waals surface area (Å²) in [5.41, 5.74) is -0.125. The summed E-state index contributed by atoms with van der Waals surface area (Å²) in [7, 11) is 0. The van der Waals surface area contributed by atoms with Gasteiger partial charge >= 0.3 is 0 Å². The van der Waals surface area contributed by atoms with Crippen molar-refractivity contribution in [2.24, 2.45) is 10.2 Å². The number of hydrogen-bond donors (Lipinski definition) is 0. The minimum absolute atomic E-state index is 0.125. The van der Waals surface area contributed by atoms with Crippen LogP contribution in [0.2, 0.25) is 0 Å². The lowest BCUT2D eigenvalue weighted by atomic mass is 10.1. The van der Waals surface area contributed by atoms with Crippen LogP contribution in [0.1, 0.15) is 66.7 Å². The quantitative estimate of drug-likeness (QED) is 0.262. The molecule has 0 N–H and O–H groups in total. The van der Waals surface area contributed by atoms with Crippen molar-refractivity contribution < 1.29 is 0 Å². The van der Waals surface area contributed by atoms with E-state index in [1.807, 2.05) is 27.7 Å². The first-order valence-corrected chi connectivity index (χ1v) is 6.27. The Bertz CT molecular complexity index is 192. The molecule has 0 radical (unpaired) electrons. The molecule has 0 amide bonds. The standard InChI is InChI=1S/C12H25ClN2/c1-6-7-8-9-10-12(5,13)15-14-11(2,3)4/h6-10H2,1-5H3. The topological polar surface area (TPSA) is 24.7 Å². The first-order valence-electron chi connectivity index (χ1n) is 5.90. The van der Waals surface area contributed by atoms with Gasteiger partial charge in [0.15, 0.2) is 5.00 Å². The van der Waals surface area contributed by atoms with Crippen molar-refractivity contribution in [2.75, 3.05) is 0 Å². The van der Waals surface area contributed by atoms with E-state index >= 15 is 0 Å². The molecular weight excluding hydrogens is 208 g/mol. The Morgan fingerprint density at radius 1 is 0.933 bits per heavy atom.